The smallest absolute Gasteiger partial charge is 0.267 e. The fourth-order valence-corrected chi connectivity index (χ4v) is 1.74. The Kier molecular flexibility index (Phi) is 5.44. The van der Waals surface area contributed by atoms with Gasteiger partial charge in [0.15, 0.2) is 0 Å². The zero-order valence-corrected chi connectivity index (χ0v) is 10.7. The summed E-state index contributed by atoms with van der Waals surface area (Å²) >= 11 is 3.21. The van der Waals surface area contributed by atoms with Crippen molar-refractivity contribution in [2.24, 2.45) is 5.73 Å². The molecule has 0 aliphatic rings. The fraction of sp³-hybridized carbons (Fsp3) is 0.556. The van der Waals surface area contributed by atoms with E-state index >= 15 is 0 Å². The largest absolute Gasteiger partial charge is 0.383 e. The summed E-state index contributed by atoms with van der Waals surface area (Å²) in [5.74, 6) is 0.589. The van der Waals surface area contributed by atoms with Crippen LogP contribution in [0.5, 0.6) is 0 Å². The highest BCUT2D eigenvalue weighted by Gasteiger charge is 2.12. The lowest BCUT2D eigenvalue weighted by molar-refractivity contribution is 0.205. The zero-order valence-electron chi connectivity index (χ0n) is 9.07. The van der Waals surface area contributed by atoms with E-state index in [1.807, 2.05) is 4.90 Å². The molecule has 0 bridgehead atoms. The number of nitrogens with zero attached hydrogens (tertiary/aromatic N) is 2. The number of hydrogen-bond donors (Lipinski definition) is 2. The Labute approximate surface area is 102 Å². The van der Waals surface area contributed by atoms with Crippen molar-refractivity contribution in [3.63, 3.8) is 0 Å². The molecular weight excluding hydrogens is 276 g/mol. The Morgan fingerprint density at radius 1 is 1.62 bits per heavy atom. The van der Waals surface area contributed by atoms with Gasteiger partial charge in [-0.2, -0.15) is 0 Å². The van der Waals surface area contributed by atoms with Gasteiger partial charge in [0.05, 0.1) is 12.9 Å². The quantitative estimate of drug-likeness (QED) is 0.767. The van der Waals surface area contributed by atoms with E-state index in [-0.39, 0.29) is 5.56 Å². The van der Waals surface area contributed by atoms with Gasteiger partial charge in [-0.05, 0) is 15.9 Å². The SMILES string of the molecule is COCCN(CCN)c1nc[nH]c(=O)c1Br. The van der Waals surface area contributed by atoms with E-state index in [1.54, 1.807) is 7.11 Å². The van der Waals surface area contributed by atoms with Crippen LogP contribution in [0.1, 0.15) is 0 Å². The van der Waals surface area contributed by atoms with E-state index in [1.165, 1.54) is 6.33 Å². The number of nitrogens with one attached hydrogen (secondary N) is 1. The first-order valence-electron chi connectivity index (χ1n) is 4.87. The number of aromatic nitrogens is 2. The highest BCUT2D eigenvalue weighted by molar-refractivity contribution is 9.10. The topological polar surface area (TPSA) is 84.2 Å². The van der Waals surface area contributed by atoms with E-state index in [0.29, 0.717) is 36.5 Å². The van der Waals surface area contributed by atoms with Crippen molar-refractivity contribution in [3.8, 4) is 0 Å². The van der Waals surface area contributed by atoms with Gasteiger partial charge in [-0.3, -0.25) is 4.79 Å². The molecule has 1 aromatic heterocycles. The van der Waals surface area contributed by atoms with E-state index in [0.717, 1.165) is 0 Å². The molecule has 16 heavy (non-hydrogen) atoms. The highest BCUT2D eigenvalue weighted by Crippen LogP contribution is 2.18. The number of hydrogen-bond acceptors (Lipinski definition) is 5. The van der Waals surface area contributed by atoms with E-state index < -0.39 is 0 Å². The number of H-pyrrole nitrogens is 1. The summed E-state index contributed by atoms with van der Waals surface area (Å²) in [6.45, 7) is 2.31. The van der Waals surface area contributed by atoms with Crippen molar-refractivity contribution >= 4 is 21.7 Å². The molecular formula is C9H15BrN4O2. The standard InChI is InChI=1S/C9H15BrN4O2/c1-16-5-4-14(3-2-11)8-7(10)9(15)13-6-12-8/h6H,2-5,11H2,1H3,(H,12,13,15). The third-order valence-corrected chi connectivity index (χ3v) is 2.76. The number of nitrogens with two attached hydrogens (primary N) is 1. The summed E-state index contributed by atoms with van der Waals surface area (Å²) in [6.07, 6.45) is 1.37. The van der Waals surface area contributed by atoms with Gasteiger partial charge in [0.25, 0.3) is 5.56 Å². The lowest BCUT2D eigenvalue weighted by atomic mass is 10.4. The van der Waals surface area contributed by atoms with Crippen LogP contribution < -0.4 is 16.2 Å². The molecule has 90 valence electrons. The summed E-state index contributed by atoms with van der Waals surface area (Å²) in [6, 6.07) is 0. The molecule has 0 spiro atoms. The van der Waals surface area contributed by atoms with Crippen LogP contribution in [-0.2, 0) is 4.74 Å². The molecule has 0 saturated carbocycles. The Morgan fingerprint density at radius 2 is 2.38 bits per heavy atom. The second-order valence-electron chi connectivity index (χ2n) is 3.14. The molecule has 0 saturated heterocycles. The number of rotatable bonds is 6. The van der Waals surface area contributed by atoms with Crippen LogP contribution in [-0.4, -0.2) is 43.3 Å². The van der Waals surface area contributed by atoms with Gasteiger partial charge in [-0.1, -0.05) is 0 Å². The minimum atomic E-state index is -0.204. The van der Waals surface area contributed by atoms with Gasteiger partial charge in [0.1, 0.15) is 10.3 Å². The predicted octanol–water partition coefficient (Wildman–Crippen LogP) is -0.0561. The second-order valence-corrected chi connectivity index (χ2v) is 3.93. The first-order chi connectivity index (χ1) is 7.70. The molecule has 0 atom stereocenters. The Hall–Kier alpha value is -0.920. The van der Waals surface area contributed by atoms with Crippen LogP contribution in [0.2, 0.25) is 0 Å². The van der Waals surface area contributed by atoms with Crippen LogP contribution in [0, 0.1) is 0 Å². The Morgan fingerprint density at radius 3 is 3.00 bits per heavy atom. The van der Waals surface area contributed by atoms with Crippen LogP contribution in [0.4, 0.5) is 5.82 Å². The summed E-state index contributed by atoms with van der Waals surface area (Å²) in [5, 5.41) is 0. The van der Waals surface area contributed by atoms with Crippen molar-refractivity contribution < 1.29 is 4.74 Å². The van der Waals surface area contributed by atoms with Gasteiger partial charge in [-0.15, -0.1) is 0 Å². The van der Waals surface area contributed by atoms with Crippen molar-refractivity contribution in [1.29, 1.82) is 0 Å². The maximum Gasteiger partial charge on any atom is 0.267 e. The molecule has 1 aromatic rings. The Bertz CT molecular complexity index is 382. The van der Waals surface area contributed by atoms with Gasteiger partial charge in [-0.25, -0.2) is 4.98 Å². The lowest BCUT2D eigenvalue weighted by Crippen LogP contribution is -2.34. The summed E-state index contributed by atoms with van der Waals surface area (Å²) < 4.78 is 5.41. The molecule has 1 heterocycles. The first-order valence-corrected chi connectivity index (χ1v) is 5.67. The fourth-order valence-electron chi connectivity index (χ4n) is 1.28. The molecule has 0 radical (unpaired) electrons. The summed E-state index contributed by atoms with van der Waals surface area (Å²) in [4.78, 5) is 19.9. The number of aromatic amines is 1. The Balaban J connectivity index is 2.91. The molecule has 0 amide bonds. The average molecular weight is 291 g/mol. The zero-order chi connectivity index (χ0) is 12.0. The molecule has 1 rings (SSSR count). The van der Waals surface area contributed by atoms with Gasteiger partial charge >= 0.3 is 0 Å². The van der Waals surface area contributed by atoms with Gasteiger partial charge < -0.3 is 20.4 Å². The van der Waals surface area contributed by atoms with E-state index in [4.69, 9.17) is 10.5 Å². The molecule has 6 nitrogen and oxygen atoms in total. The molecule has 0 aliphatic carbocycles. The highest BCUT2D eigenvalue weighted by atomic mass is 79.9. The van der Waals surface area contributed by atoms with Gasteiger partial charge in [0, 0.05) is 26.7 Å². The van der Waals surface area contributed by atoms with Crippen molar-refractivity contribution in [1.82, 2.24) is 9.97 Å². The number of halogens is 1. The van der Waals surface area contributed by atoms with Crippen molar-refractivity contribution in [3.05, 3.63) is 21.2 Å². The molecule has 7 heteroatoms. The van der Waals surface area contributed by atoms with E-state index in [9.17, 15) is 4.79 Å². The van der Waals surface area contributed by atoms with Crippen LogP contribution >= 0.6 is 15.9 Å². The normalized spacial score (nSPS) is 10.4. The van der Waals surface area contributed by atoms with Gasteiger partial charge in [0.2, 0.25) is 0 Å². The summed E-state index contributed by atoms with van der Waals surface area (Å²) in [7, 11) is 1.63. The maximum atomic E-state index is 11.4. The predicted molar refractivity (Wildman–Crippen MR) is 65.7 cm³/mol. The third-order valence-electron chi connectivity index (χ3n) is 2.04. The minimum absolute atomic E-state index is 0.204. The molecule has 0 aliphatic heterocycles. The lowest BCUT2D eigenvalue weighted by Gasteiger charge is -2.23. The second kappa shape index (κ2) is 6.62. The van der Waals surface area contributed by atoms with Crippen LogP contribution in [0.25, 0.3) is 0 Å². The average Bonchev–Trinajstić information content (AvgIpc) is 2.28. The molecule has 0 aromatic carbocycles. The maximum absolute atomic E-state index is 11.4. The summed E-state index contributed by atoms with van der Waals surface area (Å²) in [5.41, 5.74) is 5.31. The van der Waals surface area contributed by atoms with E-state index in [2.05, 4.69) is 25.9 Å². The molecule has 0 unspecified atom stereocenters. The van der Waals surface area contributed by atoms with Crippen molar-refractivity contribution in [2.45, 2.75) is 0 Å². The van der Waals surface area contributed by atoms with Crippen LogP contribution in [0.15, 0.2) is 15.6 Å². The number of ether oxygens (including phenoxy) is 1. The third kappa shape index (κ3) is 3.29. The first kappa shape index (κ1) is 13.1. The molecule has 0 fully saturated rings. The minimum Gasteiger partial charge on any atom is -0.383 e. The number of methoxy groups -OCH3 is 1. The monoisotopic (exact) mass is 290 g/mol. The number of anilines is 1. The van der Waals surface area contributed by atoms with Crippen molar-refractivity contribution in [2.75, 3.05) is 38.3 Å². The molecule has 3 N–H and O–H groups in total. The van der Waals surface area contributed by atoms with Crippen LogP contribution in [0.3, 0.4) is 0 Å².